The number of ether oxygens (including phenoxy) is 1. The first-order valence-electron chi connectivity index (χ1n) is 5.96. The summed E-state index contributed by atoms with van der Waals surface area (Å²) in [7, 11) is 0. The lowest BCUT2D eigenvalue weighted by Gasteiger charge is -2.08. The summed E-state index contributed by atoms with van der Waals surface area (Å²) in [6.07, 6.45) is 7.27. The van der Waals surface area contributed by atoms with Crippen LogP contribution >= 0.6 is 0 Å². The molecule has 3 nitrogen and oxygen atoms in total. The number of terminal acetylenes is 1. The number of benzene rings is 1. The third-order valence-corrected chi connectivity index (χ3v) is 2.54. The van der Waals surface area contributed by atoms with Gasteiger partial charge in [0, 0.05) is 18.2 Å². The molecule has 0 fully saturated rings. The van der Waals surface area contributed by atoms with Crippen LogP contribution in [0.2, 0.25) is 0 Å². The van der Waals surface area contributed by atoms with Gasteiger partial charge in [-0.15, -0.1) is 12.3 Å². The predicted octanol–water partition coefficient (Wildman–Crippen LogP) is 3.07. The Kier molecular flexibility index (Phi) is 4.30. The minimum absolute atomic E-state index is 0.196. The molecule has 0 saturated carbocycles. The fourth-order valence-corrected chi connectivity index (χ4v) is 1.64. The van der Waals surface area contributed by atoms with Crippen molar-refractivity contribution in [2.75, 3.05) is 0 Å². The number of hydrogen-bond acceptors (Lipinski definition) is 3. The minimum Gasteiger partial charge on any atom is -0.407 e. The Morgan fingerprint density at radius 1 is 1.21 bits per heavy atom. The normalized spacial score (nSPS) is 9.63. The Balaban J connectivity index is 2.23. The van der Waals surface area contributed by atoms with E-state index in [1.54, 1.807) is 12.3 Å². The van der Waals surface area contributed by atoms with Gasteiger partial charge in [-0.1, -0.05) is 30.3 Å². The van der Waals surface area contributed by atoms with Crippen molar-refractivity contribution in [2.24, 2.45) is 0 Å². The molecule has 0 unspecified atom stereocenters. The molecule has 0 amide bonds. The van der Waals surface area contributed by atoms with Gasteiger partial charge in [0.15, 0.2) is 0 Å². The van der Waals surface area contributed by atoms with Crippen molar-refractivity contribution in [3.63, 3.8) is 0 Å². The second-order valence-electron chi connectivity index (χ2n) is 3.90. The molecule has 0 N–H and O–H groups in total. The fraction of sp³-hybridized carbons (Fsp3) is 0.125. The minimum atomic E-state index is -0.367. The molecule has 0 aliphatic carbocycles. The zero-order chi connectivity index (χ0) is 13.5. The van der Waals surface area contributed by atoms with E-state index in [9.17, 15) is 4.79 Å². The van der Waals surface area contributed by atoms with Crippen LogP contribution in [0, 0.1) is 12.3 Å². The molecule has 2 aromatic rings. The highest BCUT2D eigenvalue weighted by atomic mass is 16.5. The van der Waals surface area contributed by atoms with Crippen molar-refractivity contribution in [3.8, 4) is 29.4 Å². The first-order valence-corrected chi connectivity index (χ1v) is 5.96. The van der Waals surface area contributed by atoms with Crippen LogP contribution in [-0.2, 0) is 4.79 Å². The number of nitrogens with zero attached hydrogens (tertiary/aromatic N) is 1. The zero-order valence-electron chi connectivity index (χ0n) is 10.4. The molecule has 0 radical (unpaired) electrons. The lowest BCUT2D eigenvalue weighted by Crippen LogP contribution is -2.09. The highest BCUT2D eigenvalue weighted by Gasteiger charge is 2.11. The Bertz CT molecular complexity index is 600. The summed E-state index contributed by atoms with van der Waals surface area (Å²) < 4.78 is 5.26. The maximum absolute atomic E-state index is 11.6. The molecule has 0 aliphatic rings. The largest absolute Gasteiger partial charge is 0.407 e. The molecule has 2 rings (SSSR count). The van der Waals surface area contributed by atoms with Gasteiger partial charge in [0.2, 0.25) is 5.88 Å². The van der Waals surface area contributed by atoms with Gasteiger partial charge >= 0.3 is 5.97 Å². The topological polar surface area (TPSA) is 39.2 Å². The number of esters is 1. The summed E-state index contributed by atoms with van der Waals surface area (Å²) in [6.45, 7) is 0. The van der Waals surface area contributed by atoms with Crippen molar-refractivity contribution < 1.29 is 9.53 Å². The average Bonchev–Trinajstić information content (AvgIpc) is 2.46. The van der Waals surface area contributed by atoms with E-state index in [-0.39, 0.29) is 12.4 Å². The molecule has 3 heteroatoms. The van der Waals surface area contributed by atoms with Gasteiger partial charge in [-0.2, -0.15) is 0 Å². The lowest BCUT2D eigenvalue weighted by molar-refractivity contribution is -0.134. The summed E-state index contributed by atoms with van der Waals surface area (Å²) in [4.78, 5) is 15.7. The number of carbonyl (C=O) groups is 1. The van der Waals surface area contributed by atoms with Crippen LogP contribution in [0.25, 0.3) is 11.1 Å². The quantitative estimate of drug-likeness (QED) is 0.619. The van der Waals surface area contributed by atoms with Crippen molar-refractivity contribution in [1.82, 2.24) is 4.98 Å². The number of aromatic nitrogens is 1. The van der Waals surface area contributed by atoms with Crippen molar-refractivity contribution >= 4 is 5.97 Å². The first-order chi connectivity index (χ1) is 9.31. The number of carbonyl (C=O) groups excluding carboxylic acids is 1. The smallest absolute Gasteiger partial charge is 0.313 e. The van der Waals surface area contributed by atoms with Gasteiger partial charge in [0.25, 0.3) is 0 Å². The summed E-state index contributed by atoms with van der Waals surface area (Å²) >= 11 is 0. The zero-order valence-corrected chi connectivity index (χ0v) is 10.4. The van der Waals surface area contributed by atoms with Gasteiger partial charge in [-0.05, 0) is 17.7 Å². The van der Waals surface area contributed by atoms with Crippen molar-refractivity contribution in [2.45, 2.75) is 12.8 Å². The Morgan fingerprint density at radius 3 is 2.74 bits per heavy atom. The molecule has 0 bridgehead atoms. The second-order valence-corrected chi connectivity index (χ2v) is 3.90. The number of pyridine rings is 1. The molecule has 0 atom stereocenters. The van der Waals surface area contributed by atoms with E-state index in [1.165, 1.54) is 0 Å². The Labute approximate surface area is 112 Å². The molecule has 1 aromatic carbocycles. The SMILES string of the molecule is C#CCCC(=O)Oc1ncccc1-c1ccccc1. The molecular formula is C16H13NO2. The van der Waals surface area contributed by atoms with Gasteiger partial charge in [0.05, 0.1) is 6.42 Å². The van der Waals surface area contributed by atoms with Gasteiger partial charge in [0.1, 0.15) is 0 Å². The van der Waals surface area contributed by atoms with Crippen LogP contribution < -0.4 is 4.74 Å². The van der Waals surface area contributed by atoms with Gasteiger partial charge in [-0.3, -0.25) is 4.79 Å². The van der Waals surface area contributed by atoms with E-state index in [2.05, 4.69) is 10.9 Å². The van der Waals surface area contributed by atoms with E-state index in [1.807, 2.05) is 36.4 Å². The molecule has 1 heterocycles. The summed E-state index contributed by atoms with van der Waals surface area (Å²) in [5, 5.41) is 0. The van der Waals surface area contributed by atoms with Crippen molar-refractivity contribution in [3.05, 3.63) is 48.7 Å². The third kappa shape index (κ3) is 3.43. The standard InChI is InChI=1S/C16H13NO2/c1-2-3-11-15(18)19-16-14(10-7-12-17-16)13-8-5-4-6-9-13/h1,4-10,12H,3,11H2. The van der Waals surface area contributed by atoms with Crippen LogP contribution in [-0.4, -0.2) is 11.0 Å². The van der Waals surface area contributed by atoms with Crippen LogP contribution in [0.5, 0.6) is 5.88 Å². The van der Waals surface area contributed by atoms with E-state index >= 15 is 0 Å². The number of rotatable bonds is 4. The Morgan fingerprint density at radius 2 is 2.00 bits per heavy atom. The van der Waals surface area contributed by atoms with Crippen molar-refractivity contribution in [1.29, 1.82) is 0 Å². The van der Waals surface area contributed by atoms with Gasteiger partial charge in [-0.25, -0.2) is 4.98 Å². The Hall–Kier alpha value is -2.60. The molecule has 19 heavy (non-hydrogen) atoms. The van der Waals surface area contributed by atoms with E-state index in [0.29, 0.717) is 12.3 Å². The number of hydrogen-bond donors (Lipinski definition) is 0. The van der Waals surface area contributed by atoms with Gasteiger partial charge < -0.3 is 4.74 Å². The van der Waals surface area contributed by atoms with E-state index in [4.69, 9.17) is 11.2 Å². The van der Waals surface area contributed by atoms with Crippen LogP contribution in [0.3, 0.4) is 0 Å². The van der Waals surface area contributed by atoms with Crippen LogP contribution in [0.1, 0.15) is 12.8 Å². The molecular weight excluding hydrogens is 238 g/mol. The monoisotopic (exact) mass is 251 g/mol. The third-order valence-electron chi connectivity index (χ3n) is 2.54. The van der Waals surface area contributed by atoms with E-state index in [0.717, 1.165) is 11.1 Å². The molecule has 0 saturated heterocycles. The highest BCUT2D eigenvalue weighted by Crippen LogP contribution is 2.27. The molecule has 94 valence electrons. The van der Waals surface area contributed by atoms with E-state index < -0.39 is 0 Å². The maximum atomic E-state index is 11.6. The molecule has 0 spiro atoms. The summed E-state index contributed by atoms with van der Waals surface area (Å²) in [5.74, 6) is 2.36. The van der Waals surface area contributed by atoms with Crippen LogP contribution in [0.15, 0.2) is 48.7 Å². The average molecular weight is 251 g/mol. The maximum Gasteiger partial charge on any atom is 0.313 e. The lowest BCUT2D eigenvalue weighted by atomic mass is 10.1. The second kappa shape index (κ2) is 6.36. The first kappa shape index (κ1) is 12.8. The summed E-state index contributed by atoms with van der Waals surface area (Å²) in [6, 6.07) is 13.3. The van der Waals surface area contributed by atoms with Crippen LogP contribution in [0.4, 0.5) is 0 Å². The highest BCUT2D eigenvalue weighted by molar-refractivity contribution is 5.76. The summed E-state index contributed by atoms with van der Waals surface area (Å²) in [5.41, 5.74) is 1.74. The molecule has 0 aliphatic heterocycles. The molecule has 1 aromatic heterocycles. The fourth-order valence-electron chi connectivity index (χ4n) is 1.64. The predicted molar refractivity (Wildman–Crippen MR) is 73.4 cm³/mol.